The van der Waals surface area contributed by atoms with Crippen molar-refractivity contribution in [2.75, 3.05) is 0 Å². The van der Waals surface area contributed by atoms with E-state index in [2.05, 4.69) is 4.98 Å². The molecule has 0 aliphatic rings. The SMILES string of the molecule is CC(C(=O)OC(C)(C)C)C(C)(O)c1cccnc1. The molecular weight excluding hydrogens is 230 g/mol. The second kappa shape index (κ2) is 5.06. The van der Waals surface area contributed by atoms with Gasteiger partial charge in [-0.1, -0.05) is 6.07 Å². The molecule has 1 aromatic rings. The predicted molar refractivity (Wildman–Crippen MR) is 68.8 cm³/mol. The van der Waals surface area contributed by atoms with E-state index in [4.69, 9.17) is 4.74 Å². The highest BCUT2D eigenvalue weighted by atomic mass is 16.6. The molecule has 100 valence electrons. The number of rotatable bonds is 3. The lowest BCUT2D eigenvalue weighted by atomic mass is 9.85. The quantitative estimate of drug-likeness (QED) is 0.837. The highest BCUT2D eigenvalue weighted by molar-refractivity contribution is 5.74. The van der Waals surface area contributed by atoms with Gasteiger partial charge in [0.2, 0.25) is 0 Å². The Morgan fingerprint density at radius 2 is 2.00 bits per heavy atom. The molecule has 4 nitrogen and oxygen atoms in total. The van der Waals surface area contributed by atoms with Crippen LogP contribution in [0.4, 0.5) is 0 Å². The zero-order valence-corrected chi connectivity index (χ0v) is 11.6. The van der Waals surface area contributed by atoms with Gasteiger partial charge < -0.3 is 9.84 Å². The smallest absolute Gasteiger partial charge is 0.312 e. The minimum absolute atomic E-state index is 0.420. The van der Waals surface area contributed by atoms with E-state index in [1.54, 1.807) is 59.1 Å². The molecule has 0 radical (unpaired) electrons. The Morgan fingerprint density at radius 1 is 1.39 bits per heavy atom. The van der Waals surface area contributed by atoms with Crippen LogP contribution in [0.5, 0.6) is 0 Å². The Bertz CT molecular complexity index is 407. The monoisotopic (exact) mass is 251 g/mol. The summed E-state index contributed by atoms with van der Waals surface area (Å²) in [4.78, 5) is 15.9. The summed E-state index contributed by atoms with van der Waals surface area (Å²) >= 11 is 0. The van der Waals surface area contributed by atoms with Gasteiger partial charge in [0.15, 0.2) is 0 Å². The number of nitrogens with zero attached hydrogens (tertiary/aromatic N) is 1. The molecule has 1 N–H and O–H groups in total. The van der Waals surface area contributed by atoms with Gasteiger partial charge >= 0.3 is 5.97 Å². The van der Waals surface area contributed by atoms with Crippen molar-refractivity contribution in [2.24, 2.45) is 5.92 Å². The summed E-state index contributed by atoms with van der Waals surface area (Å²) in [6.07, 6.45) is 3.18. The van der Waals surface area contributed by atoms with Crippen LogP contribution >= 0.6 is 0 Å². The van der Waals surface area contributed by atoms with Crippen LogP contribution in [0.1, 0.15) is 40.2 Å². The Balaban J connectivity index is 2.89. The number of pyridine rings is 1. The number of hydrogen-bond acceptors (Lipinski definition) is 4. The Hall–Kier alpha value is -1.42. The van der Waals surface area contributed by atoms with Crippen LogP contribution < -0.4 is 0 Å². The number of carbonyl (C=O) groups is 1. The first-order valence-electron chi connectivity index (χ1n) is 6.00. The predicted octanol–water partition coefficient (Wildman–Crippen LogP) is 2.27. The molecule has 0 amide bonds. The third-order valence-electron chi connectivity index (χ3n) is 2.85. The number of aliphatic hydroxyl groups is 1. The highest BCUT2D eigenvalue weighted by Gasteiger charge is 2.38. The van der Waals surface area contributed by atoms with Crippen molar-refractivity contribution >= 4 is 5.97 Å². The largest absolute Gasteiger partial charge is 0.460 e. The first kappa shape index (κ1) is 14.6. The number of ether oxygens (including phenoxy) is 1. The van der Waals surface area contributed by atoms with Crippen LogP contribution in [0.25, 0.3) is 0 Å². The van der Waals surface area contributed by atoms with E-state index in [-0.39, 0.29) is 0 Å². The van der Waals surface area contributed by atoms with Gasteiger partial charge in [-0.15, -0.1) is 0 Å². The number of hydrogen-bond donors (Lipinski definition) is 1. The molecule has 0 bridgehead atoms. The fourth-order valence-corrected chi connectivity index (χ4v) is 1.53. The molecule has 0 saturated heterocycles. The molecule has 1 heterocycles. The molecule has 0 aromatic carbocycles. The molecule has 1 aromatic heterocycles. The molecule has 2 atom stereocenters. The van der Waals surface area contributed by atoms with Gasteiger partial charge in [-0.25, -0.2) is 0 Å². The van der Waals surface area contributed by atoms with Crippen molar-refractivity contribution in [1.29, 1.82) is 0 Å². The average molecular weight is 251 g/mol. The van der Waals surface area contributed by atoms with Gasteiger partial charge in [0.25, 0.3) is 0 Å². The Morgan fingerprint density at radius 3 is 2.44 bits per heavy atom. The molecule has 1 rings (SSSR count). The fraction of sp³-hybridized carbons (Fsp3) is 0.571. The Labute approximate surface area is 108 Å². The first-order valence-corrected chi connectivity index (χ1v) is 6.00. The van der Waals surface area contributed by atoms with Crippen molar-refractivity contribution in [2.45, 2.75) is 45.8 Å². The first-order chi connectivity index (χ1) is 8.14. The second-order valence-corrected chi connectivity index (χ2v) is 5.64. The lowest BCUT2D eigenvalue weighted by Crippen LogP contribution is -2.39. The minimum Gasteiger partial charge on any atom is -0.460 e. The Kier molecular flexibility index (Phi) is 4.12. The molecular formula is C14H21NO3. The van der Waals surface area contributed by atoms with Crippen LogP contribution in [0.2, 0.25) is 0 Å². The van der Waals surface area contributed by atoms with Crippen molar-refractivity contribution in [3.8, 4) is 0 Å². The topological polar surface area (TPSA) is 59.4 Å². The molecule has 4 heteroatoms. The molecule has 0 saturated carbocycles. The van der Waals surface area contributed by atoms with Gasteiger partial charge in [0, 0.05) is 18.0 Å². The zero-order chi connectivity index (χ0) is 14.0. The van der Waals surface area contributed by atoms with Gasteiger partial charge in [0.05, 0.1) is 5.92 Å². The molecule has 18 heavy (non-hydrogen) atoms. The molecule has 2 unspecified atom stereocenters. The maximum absolute atomic E-state index is 12.0. The maximum atomic E-state index is 12.0. The minimum atomic E-state index is -1.30. The van der Waals surface area contributed by atoms with Crippen molar-refractivity contribution < 1.29 is 14.6 Å². The summed E-state index contributed by atoms with van der Waals surface area (Å²) in [5, 5.41) is 10.5. The van der Waals surface area contributed by atoms with Crippen LogP contribution in [-0.2, 0) is 15.1 Å². The third-order valence-corrected chi connectivity index (χ3v) is 2.85. The van der Waals surface area contributed by atoms with Gasteiger partial charge in [0.1, 0.15) is 11.2 Å². The molecule has 0 aliphatic carbocycles. The number of carbonyl (C=O) groups excluding carboxylic acids is 1. The summed E-state index contributed by atoms with van der Waals surface area (Å²) < 4.78 is 5.29. The third kappa shape index (κ3) is 3.53. The normalized spacial score (nSPS) is 16.8. The van der Waals surface area contributed by atoms with Crippen LogP contribution in [0.15, 0.2) is 24.5 Å². The molecule has 0 fully saturated rings. The highest BCUT2D eigenvalue weighted by Crippen LogP contribution is 2.30. The summed E-state index contributed by atoms with van der Waals surface area (Å²) in [5.41, 5.74) is -1.25. The van der Waals surface area contributed by atoms with E-state index < -0.39 is 23.1 Å². The van der Waals surface area contributed by atoms with Gasteiger partial charge in [-0.05, 0) is 40.7 Å². The second-order valence-electron chi connectivity index (χ2n) is 5.64. The van der Waals surface area contributed by atoms with Crippen LogP contribution in [0.3, 0.4) is 0 Å². The van der Waals surface area contributed by atoms with E-state index in [0.29, 0.717) is 5.56 Å². The average Bonchev–Trinajstić information content (AvgIpc) is 2.27. The lowest BCUT2D eigenvalue weighted by molar-refractivity contribution is -0.168. The fourth-order valence-electron chi connectivity index (χ4n) is 1.53. The number of aromatic nitrogens is 1. The van der Waals surface area contributed by atoms with Crippen LogP contribution in [-0.4, -0.2) is 21.7 Å². The van der Waals surface area contributed by atoms with Gasteiger partial charge in [-0.2, -0.15) is 0 Å². The van der Waals surface area contributed by atoms with Crippen molar-refractivity contribution in [1.82, 2.24) is 4.98 Å². The molecule has 0 aliphatic heterocycles. The van der Waals surface area contributed by atoms with Crippen molar-refractivity contribution in [3.05, 3.63) is 30.1 Å². The van der Waals surface area contributed by atoms with E-state index in [1.807, 2.05) is 0 Å². The van der Waals surface area contributed by atoms with Gasteiger partial charge in [-0.3, -0.25) is 9.78 Å². The zero-order valence-electron chi connectivity index (χ0n) is 11.6. The van der Waals surface area contributed by atoms with E-state index >= 15 is 0 Å². The van der Waals surface area contributed by atoms with E-state index in [0.717, 1.165) is 0 Å². The summed E-state index contributed by atoms with van der Waals surface area (Å²) in [7, 11) is 0. The molecule has 0 spiro atoms. The van der Waals surface area contributed by atoms with Crippen LogP contribution in [0, 0.1) is 5.92 Å². The summed E-state index contributed by atoms with van der Waals surface area (Å²) in [6, 6.07) is 3.47. The standard InChI is InChI=1S/C14H21NO3/c1-10(12(16)18-13(2,3)4)14(5,17)11-7-6-8-15-9-11/h6-10,17H,1-5H3. The van der Waals surface area contributed by atoms with E-state index in [9.17, 15) is 9.90 Å². The maximum Gasteiger partial charge on any atom is 0.312 e. The summed E-state index contributed by atoms with van der Waals surface area (Å²) in [5.74, 6) is -1.09. The lowest BCUT2D eigenvalue weighted by Gasteiger charge is -2.31. The van der Waals surface area contributed by atoms with E-state index in [1.165, 1.54) is 0 Å². The van der Waals surface area contributed by atoms with Crippen molar-refractivity contribution in [3.63, 3.8) is 0 Å². The summed E-state index contributed by atoms with van der Waals surface area (Å²) in [6.45, 7) is 8.66. The number of esters is 1.